The quantitative estimate of drug-likeness (QED) is 0.887. The van der Waals surface area contributed by atoms with Gasteiger partial charge in [0.2, 0.25) is 0 Å². The van der Waals surface area contributed by atoms with Crippen LogP contribution in [0.1, 0.15) is 25.0 Å². The number of aromatic nitrogens is 1. The monoisotopic (exact) mass is 237 g/mol. The van der Waals surface area contributed by atoms with Crippen molar-refractivity contribution in [3.05, 3.63) is 36.0 Å². The van der Waals surface area contributed by atoms with Crippen molar-refractivity contribution in [3.63, 3.8) is 0 Å². The highest BCUT2D eigenvalue weighted by molar-refractivity contribution is 5.91. The van der Waals surface area contributed by atoms with E-state index < -0.39 is 0 Å². The number of nitrogens with one attached hydrogen (secondary N) is 1. The molecule has 18 heavy (non-hydrogen) atoms. The minimum atomic E-state index is 0.475. The van der Waals surface area contributed by atoms with Crippen LogP contribution in [0.3, 0.4) is 0 Å². The summed E-state index contributed by atoms with van der Waals surface area (Å²) >= 11 is 0. The maximum Gasteiger partial charge on any atom is 0.143 e. The normalized spacial score (nSPS) is 14.4. The van der Waals surface area contributed by atoms with E-state index in [1.165, 1.54) is 19.3 Å². The maximum absolute atomic E-state index is 9.00. The summed E-state index contributed by atoms with van der Waals surface area (Å²) in [6.07, 6.45) is 3.98. The van der Waals surface area contributed by atoms with Crippen molar-refractivity contribution >= 4 is 16.6 Å². The predicted molar refractivity (Wildman–Crippen MR) is 72.3 cm³/mol. The summed E-state index contributed by atoms with van der Waals surface area (Å²) in [5, 5.41) is 13.5. The molecule has 3 heteroatoms. The smallest absolute Gasteiger partial charge is 0.143 e. The van der Waals surface area contributed by atoms with Gasteiger partial charge >= 0.3 is 0 Å². The van der Waals surface area contributed by atoms with Crippen molar-refractivity contribution in [2.45, 2.75) is 19.3 Å². The van der Waals surface area contributed by atoms with E-state index in [-0.39, 0.29) is 0 Å². The van der Waals surface area contributed by atoms with Crippen molar-refractivity contribution in [1.29, 1.82) is 5.26 Å². The second-order valence-electron chi connectivity index (χ2n) is 4.84. The Kier molecular flexibility index (Phi) is 2.85. The summed E-state index contributed by atoms with van der Waals surface area (Å²) in [6.45, 7) is 0.976. The van der Waals surface area contributed by atoms with Crippen LogP contribution in [0.25, 0.3) is 10.9 Å². The van der Waals surface area contributed by atoms with E-state index in [2.05, 4.69) is 16.4 Å². The summed E-state index contributed by atoms with van der Waals surface area (Å²) in [7, 11) is 0. The topological polar surface area (TPSA) is 48.7 Å². The van der Waals surface area contributed by atoms with Crippen LogP contribution in [0, 0.1) is 17.2 Å². The van der Waals surface area contributed by atoms with Gasteiger partial charge < -0.3 is 5.32 Å². The molecule has 1 aliphatic rings. The highest BCUT2D eigenvalue weighted by atomic mass is 14.9. The van der Waals surface area contributed by atoms with Gasteiger partial charge in [-0.3, -0.25) is 0 Å². The van der Waals surface area contributed by atoms with Crippen LogP contribution in [0.4, 0.5) is 5.69 Å². The zero-order chi connectivity index (χ0) is 12.4. The van der Waals surface area contributed by atoms with Crippen LogP contribution < -0.4 is 5.32 Å². The van der Waals surface area contributed by atoms with E-state index in [0.29, 0.717) is 5.69 Å². The van der Waals surface area contributed by atoms with Crippen molar-refractivity contribution in [1.82, 2.24) is 4.98 Å². The summed E-state index contributed by atoms with van der Waals surface area (Å²) in [5.74, 6) is 0.918. The Labute approximate surface area is 106 Å². The average Bonchev–Trinajstić information content (AvgIpc) is 3.22. The lowest BCUT2D eigenvalue weighted by atomic mass is 10.1. The second-order valence-corrected chi connectivity index (χ2v) is 4.84. The number of fused-ring (bicyclic) bond motifs is 1. The van der Waals surface area contributed by atoms with Gasteiger partial charge in [-0.1, -0.05) is 31.0 Å². The number of rotatable bonds is 4. The molecule has 1 aromatic carbocycles. The van der Waals surface area contributed by atoms with Crippen LogP contribution in [0.5, 0.6) is 0 Å². The third-order valence-electron chi connectivity index (χ3n) is 3.40. The Bertz CT molecular complexity index is 609. The van der Waals surface area contributed by atoms with Crippen molar-refractivity contribution in [2.24, 2.45) is 5.92 Å². The Balaban J connectivity index is 1.89. The number of nitrogens with zero attached hydrogens (tertiary/aromatic N) is 2. The molecule has 0 radical (unpaired) electrons. The van der Waals surface area contributed by atoms with Gasteiger partial charge in [-0.2, -0.15) is 5.26 Å². The van der Waals surface area contributed by atoms with E-state index in [9.17, 15) is 0 Å². The SMILES string of the molecule is N#Cc1cc(NCCC2CC2)c2ccccc2n1. The Morgan fingerprint density at radius 1 is 1.33 bits per heavy atom. The molecule has 1 heterocycles. The highest BCUT2D eigenvalue weighted by Crippen LogP contribution is 2.32. The Hall–Kier alpha value is -2.08. The number of para-hydroxylation sites is 1. The van der Waals surface area contributed by atoms with E-state index in [0.717, 1.165) is 29.1 Å². The maximum atomic E-state index is 9.00. The summed E-state index contributed by atoms with van der Waals surface area (Å²) in [6, 6.07) is 11.9. The molecule has 3 rings (SSSR count). The molecule has 0 atom stereocenters. The molecule has 90 valence electrons. The zero-order valence-corrected chi connectivity index (χ0v) is 10.2. The molecule has 3 nitrogen and oxygen atoms in total. The third kappa shape index (κ3) is 2.28. The molecule has 1 saturated carbocycles. The summed E-state index contributed by atoms with van der Waals surface area (Å²) < 4.78 is 0. The van der Waals surface area contributed by atoms with Crippen LogP contribution in [-0.2, 0) is 0 Å². The lowest BCUT2D eigenvalue weighted by molar-refractivity contribution is 0.761. The van der Waals surface area contributed by atoms with Gasteiger partial charge in [0.1, 0.15) is 11.8 Å². The minimum Gasteiger partial charge on any atom is -0.384 e. The van der Waals surface area contributed by atoms with Crippen molar-refractivity contribution in [3.8, 4) is 6.07 Å². The average molecular weight is 237 g/mol. The van der Waals surface area contributed by atoms with Crippen LogP contribution in [0.2, 0.25) is 0 Å². The van der Waals surface area contributed by atoms with E-state index in [4.69, 9.17) is 5.26 Å². The highest BCUT2D eigenvalue weighted by Gasteiger charge is 2.20. The van der Waals surface area contributed by atoms with Crippen molar-refractivity contribution < 1.29 is 0 Å². The first kappa shape index (κ1) is 11.0. The number of hydrogen-bond acceptors (Lipinski definition) is 3. The fraction of sp³-hybridized carbons (Fsp3) is 0.333. The number of hydrogen-bond donors (Lipinski definition) is 1. The van der Waals surface area contributed by atoms with Gasteiger partial charge in [0.15, 0.2) is 0 Å². The number of anilines is 1. The first-order valence-electron chi connectivity index (χ1n) is 6.40. The van der Waals surface area contributed by atoms with Gasteiger partial charge in [-0.25, -0.2) is 4.98 Å². The molecule has 2 aromatic rings. The van der Waals surface area contributed by atoms with Gasteiger partial charge in [0, 0.05) is 17.6 Å². The lowest BCUT2D eigenvalue weighted by Crippen LogP contribution is -2.03. The fourth-order valence-electron chi connectivity index (χ4n) is 2.20. The van der Waals surface area contributed by atoms with Crippen LogP contribution >= 0.6 is 0 Å². The minimum absolute atomic E-state index is 0.475. The molecule has 0 bridgehead atoms. The van der Waals surface area contributed by atoms with E-state index >= 15 is 0 Å². The van der Waals surface area contributed by atoms with E-state index in [1.54, 1.807) is 0 Å². The predicted octanol–water partition coefficient (Wildman–Crippen LogP) is 3.32. The molecular formula is C15H15N3. The molecule has 0 spiro atoms. The molecular weight excluding hydrogens is 222 g/mol. The van der Waals surface area contributed by atoms with E-state index in [1.807, 2.05) is 30.3 Å². The van der Waals surface area contributed by atoms with Crippen LogP contribution in [-0.4, -0.2) is 11.5 Å². The molecule has 1 N–H and O–H groups in total. The fourth-order valence-corrected chi connectivity index (χ4v) is 2.20. The standard InChI is InChI=1S/C15H15N3/c16-10-12-9-15(17-8-7-11-5-6-11)13-3-1-2-4-14(13)18-12/h1-4,9,11H,5-8H2,(H,17,18). The molecule has 0 saturated heterocycles. The van der Waals surface area contributed by atoms with Gasteiger partial charge in [-0.15, -0.1) is 0 Å². The molecule has 1 aromatic heterocycles. The second kappa shape index (κ2) is 4.66. The Morgan fingerprint density at radius 3 is 2.94 bits per heavy atom. The van der Waals surface area contributed by atoms with Gasteiger partial charge in [0.05, 0.1) is 5.52 Å². The first-order chi connectivity index (χ1) is 8.86. The molecule has 1 fully saturated rings. The lowest BCUT2D eigenvalue weighted by Gasteiger charge is -2.09. The van der Waals surface area contributed by atoms with Crippen molar-refractivity contribution in [2.75, 3.05) is 11.9 Å². The number of benzene rings is 1. The molecule has 1 aliphatic carbocycles. The summed E-state index contributed by atoms with van der Waals surface area (Å²) in [4.78, 5) is 4.31. The number of nitriles is 1. The van der Waals surface area contributed by atoms with Gasteiger partial charge in [-0.05, 0) is 24.5 Å². The Morgan fingerprint density at radius 2 is 2.17 bits per heavy atom. The third-order valence-corrected chi connectivity index (χ3v) is 3.40. The number of pyridine rings is 1. The summed E-state index contributed by atoms with van der Waals surface area (Å²) in [5.41, 5.74) is 2.38. The molecule has 0 amide bonds. The molecule has 0 unspecified atom stereocenters. The zero-order valence-electron chi connectivity index (χ0n) is 10.2. The largest absolute Gasteiger partial charge is 0.384 e. The van der Waals surface area contributed by atoms with Gasteiger partial charge in [0.25, 0.3) is 0 Å². The first-order valence-corrected chi connectivity index (χ1v) is 6.40. The van der Waals surface area contributed by atoms with Crippen LogP contribution in [0.15, 0.2) is 30.3 Å². The molecule has 0 aliphatic heterocycles.